The highest BCUT2D eigenvalue weighted by molar-refractivity contribution is 6.04. The number of nitrogens with one attached hydrogen (secondary N) is 2. The van der Waals surface area contributed by atoms with Crippen molar-refractivity contribution < 1.29 is 9.59 Å². The first-order valence-electron chi connectivity index (χ1n) is 8.61. The summed E-state index contributed by atoms with van der Waals surface area (Å²) in [6.07, 6.45) is 2.22. The lowest BCUT2D eigenvalue weighted by Crippen LogP contribution is -2.33. The van der Waals surface area contributed by atoms with Crippen molar-refractivity contribution in [3.8, 4) is 0 Å². The van der Waals surface area contributed by atoms with E-state index in [1.165, 1.54) is 0 Å². The number of carbonyl (C=O) groups is 2. The summed E-state index contributed by atoms with van der Waals surface area (Å²) in [5.41, 5.74) is 3.10. The highest BCUT2D eigenvalue weighted by Crippen LogP contribution is 2.15. The number of rotatable bonds is 7. The summed E-state index contributed by atoms with van der Waals surface area (Å²) in [7, 11) is 5.43. The van der Waals surface area contributed by atoms with Crippen LogP contribution >= 0.6 is 0 Å². The zero-order chi connectivity index (χ0) is 19.3. The maximum Gasteiger partial charge on any atom is 0.255 e. The Morgan fingerprint density at radius 3 is 2.69 bits per heavy atom. The van der Waals surface area contributed by atoms with E-state index in [0.717, 1.165) is 11.3 Å². The van der Waals surface area contributed by atoms with E-state index in [-0.39, 0.29) is 17.9 Å². The summed E-state index contributed by atoms with van der Waals surface area (Å²) in [6.45, 7) is 4.52. The number of hydrogen-bond donors (Lipinski definition) is 2. The predicted octanol–water partition coefficient (Wildman–Crippen LogP) is 1.94. The van der Waals surface area contributed by atoms with Crippen LogP contribution in [0.1, 0.15) is 35.0 Å². The predicted molar refractivity (Wildman–Crippen MR) is 102 cm³/mol. The van der Waals surface area contributed by atoms with Crippen LogP contribution in [0.4, 0.5) is 5.69 Å². The van der Waals surface area contributed by atoms with Gasteiger partial charge in [-0.3, -0.25) is 19.2 Å². The number of hydrogen-bond acceptors (Lipinski definition) is 4. The molecule has 0 aliphatic heterocycles. The Kier molecular flexibility index (Phi) is 6.52. The monoisotopic (exact) mass is 357 g/mol. The van der Waals surface area contributed by atoms with Crippen LogP contribution in [0.5, 0.6) is 0 Å². The van der Waals surface area contributed by atoms with Crippen LogP contribution < -0.4 is 10.6 Å². The molecule has 1 aromatic carbocycles. The summed E-state index contributed by atoms with van der Waals surface area (Å²) >= 11 is 0. The average molecular weight is 357 g/mol. The Balaban J connectivity index is 2.03. The maximum atomic E-state index is 12.5. The molecular formula is C19H27N5O2. The van der Waals surface area contributed by atoms with E-state index >= 15 is 0 Å². The van der Waals surface area contributed by atoms with Crippen LogP contribution in [0.25, 0.3) is 0 Å². The Morgan fingerprint density at radius 1 is 1.35 bits per heavy atom. The van der Waals surface area contributed by atoms with Gasteiger partial charge in [-0.05, 0) is 38.6 Å². The molecule has 1 atom stereocenters. The molecule has 0 bridgehead atoms. The van der Waals surface area contributed by atoms with E-state index in [9.17, 15) is 9.59 Å². The lowest BCUT2D eigenvalue weighted by Gasteiger charge is -2.24. The summed E-state index contributed by atoms with van der Waals surface area (Å²) in [4.78, 5) is 26.1. The van der Waals surface area contributed by atoms with Gasteiger partial charge in [0.1, 0.15) is 0 Å². The molecule has 140 valence electrons. The molecule has 0 fully saturated rings. The van der Waals surface area contributed by atoms with Crippen LogP contribution in [-0.4, -0.2) is 46.6 Å². The van der Waals surface area contributed by atoms with E-state index < -0.39 is 0 Å². The number of aryl methyl sites for hydroxylation is 2. The van der Waals surface area contributed by atoms with Crippen molar-refractivity contribution in [1.29, 1.82) is 0 Å². The SMILES string of the molecule is CNC(=O)C[C@H](C)N(C)Cc1cccc(C(=O)Nc2cn(C)nc2C)c1. The van der Waals surface area contributed by atoms with Crippen molar-refractivity contribution in [2.75, 3.05) is 19.4 Å². The Morgan fingerprint density at radius 2 is 2.08 bits per heavy atom. The molecule has 0 aliphatic carbocycles. The van der Waals surface area contributed by atoms with Gasteiger partial charge < -0.3 is 10.6 Å². The minimum Gasteiger partial charge on any atom is -0.359 e. The molecular weight excluding hydrogens is 330 g/mol. The Bertz CT molecular complexity index is 784. The summed E-state index contributed by atoms with van der Waals surface area (Å²) in [5, 5.41) is 9.77. The van der Waals surface area contributed by atoms with Gasteiger partial charge in [-0.1, -0.05) is 12.1 Å². The first-order chi connectivity index (χ1) is 12.3. The van der Waals surface area contributed by atoms with E-state index in [2.05, 4.69) is 20.6 Å². The topological polar surface area (TPSA) is 79.3 Å². The molecule has 0 radical (unpaired) electrons. The van der Waals surface area contributed by atoms with Crippen LogP contribution in [0.2, 0.25) is 0 Å². The minimum atomic E-state index is -0.163. The fourth-order valence-electron chi connectivity index (χ4n) is 2.70. The maximum absolute atomic E-state index is 12.5. The van der Waals surface area contributed by atoms with Gasteiger partial charge in [-0.2, -0.15) is 5.10 Å². The van der Waals surface area contributed by atoms with Gasteiger partial charge in [0.2, 0.25) is 5.91 Å². The number of nitrogens with zero attached hydrogens (tertiary/aromatic N) is 3. The number of anilines is 1. The third kappa shape index (κ3) is 5.16. The molecule has 0 unspecified atom stereocenters. The smallest absolute Gasteiger partial charge is 0.255 e. The van der Waals surface area contributed by atoms with Crippen LogP contribution in [0.3, 0.4) is 0 Å². The van der Waals surface area contributed by atoms with E-state index in [4.69, 9.17) is 0 Å². The van der Waals surface area contributed by atoms with Gasteiger partial charge in [0.15, 0.2) is 0 Å². The number of benzene rings is 1. The van der Waals surface area contributed by atoms with Crippen molar-refractivity contribution in [1.82, 2.24) is 20.0 Å². The first-order valence-corrected chi connectivity index (χ1v) is 8.61. The Hall–Kier alpha value is -2.67. The molecule has 7 heteroatoms. The first kappa shape index (κ1) is 19.7. The molecule has 1 aromatic heterocycles. The molecule has 2 aromatic rings. The molecule has 0 aliphatic rings. The molecule has 2 rings (SSSR count). The minimum absolute atomic E-state index is 0.0179. The highest BCUT2D eigenvalue weighted by atomic mass is 16.2. The van der Waals surface area contributed by atoms with Crippen LogP contribution in [0.15, 0.2) is 30.5 Å². The highest BCUT2D eigenvalue weighted by Gasteiger charge is 2.15. The van der Waals surface area contributed by atoms with Gasteiger partial charge in [-0.25, -0.2) is 0 Å². The summed E-state index contributed by atoms with van der Waals surface area (Å²) in [6, 6.07) is 7.63. The second kappa shape index (κ2) is 8.62. The fourth-order valence-corrected chi connectivity index (χ4v) is 2.70. The lowest BCUT2D eigenvalue weighted by atomic mass is 10.1. The van der Waals surface area contributed by atoms with Gasteiger partial charge in [-0.15, -0.1) is 0 Å². The Labute approximate surface area is 154 Å². The summed E-state index contributed by atoms with van der Waals surface area (Å²) < 4.78 is 1.67. The van der Waals surface area contributed by atoms with Gasteiger partial charge in [0.25, 0.3) is 5.91 Å². The number of aromatic nitrogens is 2. The molecule has 7 nitrogen and oxygen atoms in total. The van der Waals surface area contributed by atoms with Gasteiger partial charge >= 0.3 is 0 Å². The third-order valence-electron chi connectivity index (χ3n) is 4.39. The van der Waals surface area contributed by atoms with Crippen molar-refractivity contribution in [2.24, 2.45) is 7.05 Å². The van der Waals surface area contributed by atoms with E-state index in [1.807, 2.05) is 46.1 Å². The molecule has 26 heavy (non-hydrogen) atoms. The normalized spacial score (nSPS) is 12.1. The quantitative estimate of drug-likeness (QED) is 0.794. The van der Waals surface area contributed by atoms with Gasteiger partial charge in [0, 0.05) is 44.9 Å². The molecule has 0 saturated carbocycles. The second-order valence-corrected chi connectivity index (χ2v) is 6.60. The fraction of sp³-hybridized carbons (Fsp3) is 0.421. The van der Waals surface area contributed by atoms with E-state index in [1.54, 1.807) is 24.0 Å². The molecule has 2 N–H and O–H groups in total. The van der Waals surface area contributed by atoms with Crippen molar-refractivity contribution in [2.45, 2.75) is 32.9 Å². The third-order valence-corrected chi connectivity index (χ3v) is 4.39. The zero-order valence-corrected chi connectivity index (χ0v) is 16.0. The van der Waals surface area contributed by atoms with Crippen LogP contribution in [-0.2, 0) is 18.4 Å². The lowest BCUT2D eigenvalue weighted by molar-refractivity contribution is -0.121. The zero-order valence-electron chi connectivity index (χ0n) is 16.0. The van der Waals surface area contributed by atoms with E-state index in [0.29, 0.717) is 24.2 Å². The molecule has 0 saturated heterocycles. The standard InChI is InChI=1S/C19H27N5O2/c1-13(9-18(25)20-3)23(4)11-15-7-6-8-16(10-15)19(26)21-17-12-24(5)22-14(17)2/h6-8,10,12-13H,9,11H2,1-5H3,(H,20,25)(H,21,26)/t13-/m0/s1. The second-order valence-electron chi connectivity index (χ2n) is 6.60. The average Bonchev–Trinajstić information content (AvgIpc) is 2.91. The van der Waals surface area contributed by atoms with Crippen molar-refractivity contribution in [3.63, 3.8) is 0 Å². The summed E-state index contributed by atoms with van der Waals surface area (Å²) in [5.74, 6) is -0.145. The molecule has 2 amide bonds. The number of amides is 2. The van der Waals surface area contributed by atoms with Crippen molar-refractivity contribution >= 4 is 17.5 Å². The molecule has 1 heterocycles. The van der Waals surface area contributed by atoms with Crippen molar-refractivity contribution in [3.05, 3.63) is 47.3 Å². The number of carbonyl (C=O) groups excluding carboxylic acids is 2. The largest absolute Gasteiger partial charge is 0.359 e. The molecule has 0 spiro atoms. The van der Waals surface area contributed by atoms with Gasteiger partial charge in [0.05, 0.1) is 11.4 Å². The van der Waals surface area contributed by atoms with Crippen LogP contribution in [0, 0.1) is 6.92 Å².